The first-order valence-electron chi connectivity index (χ1n) is 7.32. The number of nitrogens with one attached hydrogen (secondary N) is 1. The van der Waals surface area contributed by atoms with Gasteiger partial charge in [0.15, 0.2) is 0 Å². The van der Waals surface area contributed by atoms with E-state index < -0.39 is 0 Å². The molecule has 0 amide bonds. The Bertz CT molecular complexity index is 471. The van der Waals surface area contributed by atoms with E-state index >= 15 is 0 Å². The Balaban J connectivity index is 1.98. The van der Waals surface area contributed by atoms with Crippen LogP contribution in [0.3, 0.4) is 0 Å². The van der Waals surface area contributed by atoms with E-state index in [1.165, 1.54) is 5.69 Å². The number of nitrogens with zero attached hydrogens (tertiary/aromatic N) is 1. The van der Waals surface area contributed by atoms with Gasteiger partial charge in [0.05, 0.1) is 18.1 Å². The molecule has 0 aromatic heterocycles. The van der Waals surface area contributed by atoms with E-state index in [1.54, 1.807) is 0 Å². The predicted octanol–water partition coefficient (Wildman–Crippen LogP) is 3.02. The molecule has 0 saturated carbocycles. The molecule has 2 rings (SSSR count). The van der Waals surface area contributed by atoms with E-state index in [0.29, 0.717) is 0 Å². The normalized spacial score (nSPS) is 15.2. The lowest BCUT2D eigenvalue weighted by Gasteiger charge is -2.27. The van der Waals surface area contributed by atoms with Crippen LogP contribution in [-0.2, 0) is 0 Å². The summed E-state index contributed by atoms with van der Waals surface area (Å²) in [7, 11) is 0. The highest BCUT2D eigenvalue weighted by Gasteiger charge is 2.22. The summed E-state index contributed by atoms with van der Waals surface area (Å²) < 4.78 is 5.77. The molecular formula is C16H25N3O. The highest BCUT2D eigenvalue weighted by atomic mass is 16.5. The van der Waals surface area contributed by atoms with Crippen molar-refractivity contribution in [3.8, 4) is 5.75 Å². The summed E-state index contributed by atoms with van der Waals surface area (Å²) in [5, 5.41) is 7.62. The van der Waals surface area contributed by atoms with Gasteiger partial charge in [-0.25, -0.2) is 0 Å². The second kappa shape index (κ2) is 6.16. The van der Waals surface area contributed by atoms with Crippen LogP contribution in [0.15, 0.2) is 24.3 Å². The largest absolute Gasteiger partial charge is 0.491 e. The van der Waals surface area contributed by atoms with Gasteiger partial charge in [0, 0.05) is 18.5 Å². The van der Waals surface area contributed by atoms with Gasteiger partial charge in [-0.05, 0) is 31.4 Å². The Hall–Kier alpha value is -1.71. The number of fused-ring (bicyclic) bond motifs is 1. The highest BCUT2D eigenvalue weighted by Crippen LogP contribution is 2.31. The summed E-state index contributed by atoms with van der Waals surface area (Å²) in [5.74, 6) is 1.26. The second-order valence-corrected chi connectivity index (χ2v) is 6.06. The van der Waals surface area contributed by atoms with Crippen LogP contribution >= 0.6 is 0 Å². The molecule has 0 aliphatic carbocycles. The monoisotopic (exact) mass is 275 g/mol. The van der Waals surface area contributed by atoms with Crippen molar-refractivity contribution in [1.29, 1.82) is 5.41 Å². The van der Waals surface area contributed by atoms with Gasteiger partial charge in [-0.1, -0.05) is 26.0 Å². The van der Waals surface area contributed by atoms with Gasteiger partial charge < -0.3 is 15.4 Å². The van der Waals surface area contributed by atoms with Gasteiger partial charge in [-0.2, -0.15) is 0 Å². The van der Waals surface area contributed by atoms with E-state index in [4.69, 9.17) is 15.9 Å². The number of ether oxygens (including phenoxy) is 1. The Morgan fingerprint density at radius 3 is 2.90 bits per heavy atom. The summed E-state index contributed by atoms with van der Waals surface area (Å²) in [4.78, 5) is 2.39. The molecule has 4 heteroatoms. The molecule has 3 N–H and O–H groups in total. The summed E-state index contributed by atoms with van der Waals surface area (Å²) in [6.07, 6.45) is 3.01. The number of nitrogens with two attached hydrogens (primary N) is 1. The minimum absolute atomic E-state index is 0.206. The Kier molecular flexibility index (Phi) is 4.53. The quantitative estimate of drug-likeness (QED) is 0.641. The summed E-state index contributed by atoms with van der Waals surface area (Å²) in [5.41, 5.74) is 6.62. The van der Waals surface area contributed by atoms with Gasteiger partial charge in [0.2, 0.25) is 0 Å². The molecular weight excluding hydrogens is 250 g/mol. The van der Waals surface area contributed by atoms with Crippen molar-refractivity contribution in [3.05, 3.63) is 24.3 Å². The zero-order valence-electron chi connectivity index (χ0n) is 12.5. The predicted molar refractivity (Wildman–Crippen MR) is 83.7 cm³/mol. The summed E-state index contributed by atoms with van der Waals surface area (Å²) in [6, 6.07) is 8.23. The van der Waals surface area contributed by atoms with Crippen molar-refractivity contribution in [3.63, 3.8) is 0 Å². The molecule has 1 heterocycles. The van der Waals surface area contributed by atoms with E-state index in [2.05, 4.69) is 17.0 Å². The molecule has 0 radical (unpaired) electrons. The third-order valence-corrected chi connectivity index (χ3v) is 3.99. The number of anilines is 1. The standard InChI is InChI=1S/C16H25N3O/c1-16(2,15(17)18)9-5-10-19-11-6-12-20-14-8-4-3-7-13(14)19/h3-4,7-8H,5-6,9-12H2,1-2H3,(H3,17,18). The Morgan fingerprint density at radius 1 is 1.40 bits per heavy atom. The Morgan fingerprint density at radius 2 is 2.15 bits per heavy atom. The topological polar surface area (TPSA) is 62.3 Å². The zero-order valence-corrected chi connectivity index (χ0v) is 12.5. The van der Waals surface area contributed by atoms with Gasteiger partial charge in [-0.15, -0.1) is 0 Å². The molecule has 20 heavy (non-hydrogen) atoms. The van der Waals surface area contributed by atoms with Crippen LogP contribution in [0.25, 0.3) is 0 Å². The van der Waals surface area contributed by atoms with Gasteiger partial charge in [0.1, 0.15) is 5.75 Å². The number of hydrogen-bond acceptors (Lipinski definition) is 3. The smallest absolute Gasteiger partial charge is 0.142 e. The van der Waals surface area contributed by atoms with Crippen LogP contribution in [-0.4, -0.2) is 25.5 Å². The molecule has 4 nitrogen and oxygen atoms in total. The molecule has 1 aromatic carbocycles. The number of para-hydroxylation sites is 2. The molecule has 0 bridgehead atoms. The first kappa shape index (κ1) is 14.7. The van der Waals surface area contributed by atoms with Crippen LogP contribution in [0.4, 0.5) is 5.69 Å². The zero-order chi connectivity index (χ0) is 14.6. The van der Waals surface area contributed by atoms with Crippen LogP contribution in [0.5, 0.6) is 5.75 Å². The first-order valence-corrected chi connectivity index (χ1v) is 7.32. The SMILES string of the molecule is CC(C)(CCCN1CCCOc2ccccc21)C(=N)N. The van der Waals surface area contributed by atoms with Crippen molar-refractivity contribution < 1.29 is 4.74 Å². The minimum atomic E-state index is -0.206. The average molecular weight is 275 g/mol. The molecule has 0 atom stereocenters. The number of hydrogen-bond donors (Lipinski definition) is 2. The lowest BCUT2D eigenvalue weighted by atomic mass is 9.86. The minimum Gasteiger partial charge on any atom is -0.491 e. The van der Waals surface area contributed by atoms with Crippen molar-refractivity contribution >= 4 is 11.5 Å². The fraction of sp³-hybridized carbons (Fsp3) is 0.562. The van der Waals surface area contributed by atoms with Crippen molar-refractivity contribution in [2.75, 3.05) is 24.6 Å². The average Bonchev–Trinajstić information content (AvgIpc) is 2.61. The number of rotatable bonds is 5. The maximum atomic E-state index is 7.62. The molecule has 110 valence electrons. The molecule has 0 unspecified atom stereocenters. The van der Waals surface area contributed by atoms with Crippen molar-refractivity contribution in [2.24, 2.45) is 11.1 Å². The summed E-state index contributed by atoms with van der Waals surface area (Å²) >= 11 is 0. The number of amidine groups is 1. The van der Waals surface area contributed by atoms with Crippen LogP contribution in [0, 0.1) is 10.8 Å². The number of benzene rings is 1. The van der Waals surface area contributed by atoms with Gasteiger partial charge >= 0.3 is 0 Å². The van der Waals surface area contributed by atoms with Crippen molar-refractivity contribution in [2.45, 2.75) is 33.1 Å². The molecule has 0 saturated heterocycles. The second-order valence-electron chi connectivity index (χ2n) is 6.06. The molecule has 1 aliphatic rings. The maximum absolute atomic E-state index is 7.62. The summed E-state index contributed by atoms with van der Waals surface area (Å²) in [6.45, 7) is 6.87. The van der Waals surface area contributed by atoms with Crippen LogP contribution < -0.4 is 15.4 Å². The van der Waals surface area contributed by atoms with E-state index in [9.17, 15) is 0 Å². The van der Waals surface area contributed by atoms with E-state index in [-0.39, 0.29) is 11.3 Å². The Labute approximate surface area is 121 Å². The lowest BCUT2D eigenvalue weighted by Crippen LogP contribution is -2.32. The van der Waals surface area contributed by atoms with Crippen LogP contribution in [0.1, 0.15) is 33.1 Å². The molecule has 0 fully saturated rings. The fourth-order valence-corrected chi connectivity index (χ4v) is 2.48. The van der Waals surface area contributed by atoms with Gasteiger partial charge in [-0.3, -0.25) is 5.41 Å². The van der Waals surface area contributed by atoms with E-state index in [0.717, 1.165) is 44.7 Å². The van der Waals surface area contributed by atoms with E-state index in [1.807, 2.05) is 26.0 Å². The lowest BCUT2D eigenvalue weighted by molar-refractivity contribution is 0.322. The third kappa shape index (κ3) is 3.44. The first-order chi connectivity index (χ1) is 9.50. The third-order valence-electron chi connectivity index (χ3n) is 3.99. The van der Waals surface area contributed by atoms with Crippen molar-refractivity contribution in [1.82, 2.24) is 0 Å². The molecule has 1 aliphatic heterocycles. The fourth-order valence-electron chi connectivity index (χ4n) is 2.48. The molecule has 0 spiro atoms. The highest BCUT2D eigenvalue weighted by molar-refractivity contribution is 5.82. The van der Waals surface area contributed by atoms with Gasteiger partial charge in [0.25, 0.3) is 0 Å². The van der Waals surface area contributed by atoms with Crippen LogP contribution in [0.2, 0.25) is 0 Å². The maximum Gasteiger partial charge on any atom is 0.142 e. The molecule has 1 aromatic rings.